The van der Waals surface area contributed by atoms with E-state index in [1.807, 2.05) is 4.90 Å². The Morgan fingerprint density at radius 3 is 2.74 bits per heavy atom. The van der Waals surface area contributed by atoms with Crippen LogP contribution in [0, 0.1) is 13.8 Å². The van der Waals surface area contributed by atoms with Crippen LogP contribution in [0.15, 0.2) is 10.9 Å². The molecule has 1 aliphatic carbocycles. The van der Waals surface area contributed by atoms with Crippen LogP contribution < -0.4 is 11.0 Å². The Morgan fingerprint density at radius 2 is 2.11 bits per heavy atom. The molecule has 1 saturated heterocycles. The predicted molar refractivity (Wildman–Crippen MR) is 99.3 cm³/mol. The number of nitrogens with zero attached hydrogens (tertiary/aromatic N) is 3. The SMILES string of the molecule is CO[C@@]12CC[C@@H](NC(C)=O)C[C@@H]1N(C(=O)Cn1c(C)cc(C)nc1=O)CC2. The summed E-state index contributed by atoms with van der Waals surface area (Å²) in [5.41, 5.74) is 0.595. The molecule has 148 valence electrons. The molecular formula is C19H28N4O4. The highest BCUT2D eigenvalue weighted by atomic mass is 16.5. The van der Waals surface area contributed by atoms with Crippen molar-refractivity contribution in [2.24, 2.45) is 0 Å². The van der Waals surface area contributed by atoms with E-state index in [4.69, 9.17) is 4.74 Å². The zero-order valence-corrected chi connectivity index (χ0v) is 16.4. The van der Waals surface area contributed by atoms with E-state index in [9.17, 15) is 14.4 Å². The summed E-state index contributed by atoms with van der Waals surface area (Å²) < 4.78 is 7.28. The first-order chi connectivity index (χ1) is 12.8. The number of carbonyl (C=O) groups excluding carboxylic acids is 2. The lowest BCUT2D eigenvalue weighted by atomic mass is 9.78. The zero-order chi connectivity index (χ0) is 19.8. The minimum atomic E-state index is -0.405. The highest BCUT2D eigenvalue weighted by molar-refractivity contribution is 5.77. The van der Waals surface area contributed by atoms with Crippen LogP contribution in [0.4, 0.5) is 0 Å². The molecule has 8 heteroatoms. The zero-order valence-electron chi connectivity index (χ0n) is 16.4. The number of rotatable bonds is 4. The Kier molecular flexibility index (Phi) is 5.37. The van der Waals surface area contributed by atoms with Gasteiger partial charge in [0.2, 0.25) is 11.8 Å². The topological polar surface area (TPSA) is 93.5 Å². The number of carbonyl (C=O) groups is 2. The quantitative estimate of drug-likeness (QED) is 0.828. The van der Waals surface area contributed by atoms with Gasteiger partial charge in [-0.2, -0.15) is 4.98 Å². The summed E-state index contributed by atoms with van der Waals surface area (Å²) in [4.78, 5) is 42.4. The van der Waals surface area contributed by atoms with Gasteiger partial charge in [0.25, 0.3) is 0 Å². The number of amides is 2. The highest BCUT2D eigenvalue weighted by Gasteiger charge is 2.52. The molecule has 2 heterocycles. The van der Waals surface area contributed by atoms with Gasteiger partial charge in [0.15, 0.2) is 0 Å². The van der Waals surface area contributed by atoms with Crippen LogP contribution in [-0.2, 0) is 20.9 Å². The smallest absolute Gasteiger partial charge is 0.348 e. The number of ether oxygens (including phenoxy) is 1. The first kappa shape index (κ1) is 19.5. The van der Waals surface area contributed by atoms with Crippen LogP contribution in [0.3, 0.4) is 0 Å². The first-order valence-corrected chi connectivity index (χ1v) is 9.42. The number of methoxy groups -OCH3 is 1. The van der Waals surface area contributed by atoms with Crippen LogP contribution in [0.25, 0.3) is 0 Å². The molecule has 1 aromatic heterocycles. The van der Waals surface area contributed by atoms with Crippen molar-refractivity contribution >= 4 is 11.8 Å². The molecule has 2 aliphatic rings. The third-order valence-electron chi connectivity index (χ3n) is 5.96. The second-order valence-corrected chi connectivity index (χ2v) is 7.70. The molecule has 2 fully saturated rings. The van der Waals surface area contributed by atoms with Crippen LogP contribution in [-0.4, -0.2) is 57.6 Å². The lowest BCUT2D eigenvalue weighted by Crippen LogP contribution is -2.56. The van der Waals surface area contributed by atoms with Crippen molar-refractivity contribution in [3.8, 4) is 0 Å². The van der Waals surface area contributed by atoms with Crippen LogP contribution in [0.5, 0.6) is 0 Å². The summed E-state index contributed by atoms with van der Waals surface area (Å²) in [6.07, 6.45) is 3.08. The Labute approximate surface area is 158 Å². The third kappa shape index (κ3) is 3.76. The minimum absolute atomic E-state index is 0.0287. The van der Waals surface area contributed by atoms with Crippen molar-refractivity contribution in [1.82, 2.24) is 19.8 Å². The molecule has 1 aromatic rings. The van der Waals surface area contributed by atoms with Crippen LogP contribution in [0.2, 0.25) is 0 Å². The van der Waals surface area contributed by atoms with E-state index >= 15 is 0 Å². The number of nitrogens with one attached hydrogen (secondary N) is 1. The molecule has 1 aliphatic heterocycles. The lowest BCUT2D eigenvalue weighted by molar-refractivity contribution is -0.138. The van der Waals surface area contributed by atoms with E-state index < -0.39 is 5.69 Å². The number of hydrogen-bond acceptors (Lipinski definition) is 5. The van der Waals surface area contributed by atoms with E-state index in [-0.39, 0.29) is 36.0 Å². The highest BCUT2D eigenvalue weighted by Crippen LogP contribution is 2.42. The largest absolute Gasteiger partial charge is 0.376 e. The van der Waals surface area contributed by atoms with Gasteiger partial charge >= 0.3 is 5.69 Å². The molecule has 0 spiro atoms. The van der Waals surface area contributed by atoms with Crippen molar-refractivity contribution < 1.29 is 14.3 Å². The van der Waals surface area contributed by atoms with Crippen molar-refractivity contribution in [1.29, 1.82) is 0 Å². The van der Waals surface area contributed by atoms with Gasteiger partial charge in [-0.25, -0.2) is 4.79 Å². The monoisotopic (exact) mass is 376 g/mol. The Balaban J connectivity index is 1.80. The molecular weight excluding hydrogens is 348 g/mol. The lowest BCUT2D eigenvalue weighted by Gasteiger charge is -2.43. The van der Waals surface area contributed by atoms with Gasteiger partial charge in [0, 0.05) is 38.0 Å². The molecule has 27 heavy (non-hydrogen) atoms. The molecule has 1 saturated carbocycles. The number of likely N-dealkylation sites (tertiary alicyclic amines) is 1. The summed E-state index contributed by atoms with van der Waals surface area (Å²) in [5, 5.41) is 2.97. The summed E-state index contributed by atoms with van der Waals surface area (Å²) in [6, 6.07) is 1.73. The molecule has 0 radical (unpaired) electrons. The Bertz CT molecular complexity index is 805. The second kappa shape index (κ2) is 7.42. The molecule has 3 rings (SSSR count). The maximum absolute atomic E-state index is 13.0. The van der Waals surface area contributed by atoms with Crippen LogP contribution >= 0.6 is 0 Å². The first-order valence-electron chi connectivity index (χ1n) is 9.42. The van der Waals surface area contributed by atoms with Gasteiger partial charge < -0.3 is 15.0 Å². The molecule has 2 amide bonds. The van der Waals surface area contributed by atoms with Crippen molar-refractivity contribution in [2.75, 3.05) is 13.7 Å². The molecule has 1 N–H and O–H groups in total. The summed E-state index contributed by atoms with van der Waals surface area (Å²) in [5.74, 6) is -0.174. The summed E-state index contributed by atoms with van der Waals surface area (Å²) in [6.45, 7) is 5.64. The molecule has 0 aromatic carbocycles. The normalized spacial score (nSPS) is 27.3. The summed E-state index contributed by atoms with van der Waals surface area (Å²) in [7, 11) is 1.69. The standard InChI is InChI=1S/C19H28N4O4/c1-12-9-13(2)23(18(26)20-12)11-17(25)22-8-7-19(27-4)6-5-15(10-16(19)22)21-14(3)24/h9,15-16H,5-8,10-11H2,1-4H3,(H,21,24)/t15-,16+,19-/m1/s1. The minimum Gasteiger partial charge on any atom is -0.376 e. The fourth-order valence-corrected chi connectivity index (χ4v) is 4.61. The average molecular weight is 376 g/mol. The van der Waals surface area contributed by atoms with E-state index in [0.717, 1.165) is 25.0 Å². The maximum atomic E-state index is 13.0. The average Bonchev–Trinajstić information content (AvgIpc) is 2.97. The van der Waals surface area contributed by atoms with Gasteiger partial charge in [0.05, 0.1) is 11.6 Å². The van der Waals surface area contributed by atoms with Crippen molar-refractivity contribution in [3.63, 3.8) is 0 Å². The maximum Gasteiger partial charge on any atom is 0.348 e. The predicted octanol–water partition coefficient (Wildman–Crippen LogP) is 0.535. The second-order valence-electron chi connectivity index (χ2n) is 7.70. The number of hydrogen-bond donors (Lipinski definition) is 1. The number of aromatic nitrogens is 2. The molecule has 0 unspecified atom stereocenters. The van der Waals surface area contributed by atoms with E-state index in [0.29, 0.717) is 18.7 Å². The Hall–Kier alpha value is -2.22. The van der Waals surface area contributed by atoms with Crippen molar-refractivity contribution in [2.45, 2.75) is 70.7 Å². The van der Waals surface area contributed by atoms with E-state index in [2.05, 4.69) is 10.3 Å². The van der Waals surface area contributed by atoms with Gasteiger partial charge in [-0.15, -0.1) is 0 Å². The van der Waals surface area contributed by atoms with Gasteiger partial charge in [-0.3, -0.25) is 14.2 Å². The fourth-order valence-electron chi connectivity index (χ4n) is 4.61. The van der Waals surface area contributed by atoms with Crippen molar-refractivity contribution in [3.05, 3.63) is 27.9 Å². The molecule has 8 nitrogen and oxygen atoms in total. The van der Waals surface area contributed by atoms with E-state index in [1.54, 1.807) is 27.0 Å². The van der Waals surface area contributed by atoms with Crippen LogP contribution in [0.1, 0.15) is 44.0 Å². The third-order valence-corrected chi connectivity index (χ3v) is 5.96. The number of aryl methyl sites for hydroxylation is 2. The fraction of sp³-hybridized carbons (Fsp3) is 0.684. The molecule has 3 atom stereocenters. The van der Waals surface area contributed by atoms with Gasteiger partial charge in [-0.05, 0) is 45.6 Å². The summed E-state index contributed by atoms with van der Waals surface area (Å²) >= 11 is 0. The van der Waals surface area contributed by atoms with Gasteiger partial charge in [-0.1, -0.05) is 0 Å². The Morgan fingerprint density at radius 1 is 1.37 bits per heavy atom. The molecule has 0 bridgehead atoms. The van der Waals surface area contributed by atoms with E-state index in [1.165, 1.54) is 11.5 Å². The number of fused-ring (bicyclic) bond motifs is 1. The van der Waals surface area contributed by atoms with Gasteiger partial charge in [0.1, 0.15) is 6.54 Å².